The molecule has 1 nitrogen and oxygen atoms in total. The summed E-state index contributed by atoms with van der Waals surface area (Å²) in [6.45, 7) is 12.7. The summed E-state index contributed by atoms with van der Waals surface area (Å²) in [5.41, 5.74) is 8.75. The summed E-state index contributed by atoms with van der Waals surface area (Å²) in [7, 11) is -0.855. The first kappa shape index (κ1) is 23.2. The Kier molecular flexibility index (Phi) is 7.33. The van der Waals surface area contributed by atoms with Crippen LogP contribution in [0.4, 0.5) is 0 Å². The molecule has 0 amide bonds. The molecule has 0 spiro atoms. The van der Waals surface area contributed by atoms with Crippen molar-refractivity contribution in [2.75, 3.05) is 5.75 Å². The fourth-order valence-corrected chi connectivity index (χ4v) is 4.81. The fourth-order valence-electron chi connectivity index (χ4n) is 3.66. The minimum absolute atomic E-state index is 0.178. The van der Waals surface area contributed by atoms with E-state index in [0.717, 1.165) is 0 Å². The zero-order valence-corrected chi connectivity index (χ0v) is 20.4. The van der Waals surface area contributed by atoms with Gasteiger partial charge in [-0.15, -0.1) is 0 Å². The third kappa shape index (κ3) is 5.83. The van der Waals surface area contributed by atoms with E-state index in [0.29, 0.717) is 5.75 Å². The molecule has 0 aromatic heterocycles. The highest BCUT2D eigenvalue weighted by atomic mass is 32.2. The van der Waals surface area contributed by atoms with Crippen molar-refractivity contribution in [3.63, 3.8) is 0 Å². The summed E-state index contributed by atoms with van der Waals surface area (Å²) in [6.07, 6.45) is 4.43. The van der Waals surface area contributed by atoms with Crippen molar-refractivity contribution < 1.29 is 4.21 Å². The van der Waals surface area contributed by atoms with Crippen molar-refractivity contribution in [3.05, 3.63) is 94.5 Å². The lowest BCUT2D eigenvalue weighted by Crippen LogP contribution is -2.26. The monoisotopic (exact) mass is 430 g/mol. The van der Waals surface area contributed by atoms with E-state index in [9.17, 15) is 4.21 Å². The molecule has 2 atom stereocenters. The Morgan fingerprint density at radius 1 is 0.871 bits per heavy atom. The van der Waals surface area contributed by atoms with Crippen LogP contribution in [0.5, 0.6) is 0 Å². The van der Waals surface area contributed by atoms with E-state index in [1.54, 1.807) is 0 Å². The van der Waals surface area contributed by atoms with E-state index in [-0.39, 0.29) is 10.7 Å². The second kappa shape index (κ2) is 9.78. The zero-order chi connectivity index (χ0) is 22.6. The second-order valence-electron chi connectivity index (χ2n) is 9.36. The van der Waals surface area contributed by atoms with Crippen LogP contribution < -0.4 is 0 Å². The number of aryl methyl sites for hydroxylation is 1. The topological polar surface area (TPSA) is 17.1 Å². The summed E-state index contributed by atoms with van der Waals surface area (Å²) < 4.78 is 12.4. The fraction of sp³-hybridized carbons (Fsp3) is 0.310. The molecule has 0 aliphatic carbocycles. The molecule has 0 heterocycles. The lowest BCUT2D eigenvalue weighted by Gasteiger charge is -2.21. The minimum Gasteiger partial charge on any atom is -0.259 e. The summed E-state index contributed by atoms with van der Waals surface area (Å²) in [5, 5.41) is 0. The molecule has 0 fully saturated rings. The summed E-state index contributed by atoms with van der Waals surface area (Å²) >= 11 is 0. The molecule has 31 heavy (non-hydrogen) atoms. The van der Waals surface area contributed by atoms with Crippen molar-refractivity contribution in [1.82, 2.24) is 0 Å². The smallest absolute Gasteiger partial charge is 0.0375 e. The largest absolute Gasteiger partial charge is 0.259 e. The maximum Gasteiger partial charge on any atom is 0.0375 e. The Morgan fingerprint density at radius 3 is 2.23 bits per heavy atom. The quantitative estimate of drug-likeness (QED) is 0.365. The molecule has 0 radical (unpaired) electrons. The lowest BCUT2D eigenvalue weighted by atomic mass is 9.94. The highest BCUT2D eigenvalue weighted by Crippen LogP contribution is 2.28. The molecule has 0 saturated heterocycles. The van der Waals surface area contributed by atoms with Gasteiger partial charge in [-0.3, -0.25) is 4.21 Å². The van der Waals surface area contributed by atoms with Crippen molar-refractivity contribution in [2.45, 2.75) is 52.2 Å². The third-order valence-electron chi connectivity index (χ3n) is 5.86. The Hall–Kier alpha value is -2.45. The SMILES string of the molecule is Cc1ccc(C(C)CS(=O)C(C)(C)C)cc1/C=C/c1cccc(-c2ccccc2)c1C. The van der Waals surface area contributed by atoms with Gasteiger partial charge in [0.25, 0.3) is 0 Å². The number of hydrogen-bond acceptors (Lipinski definition) is 1. The molecule has 0 aliphatic rings. The van der Waals surface area contributed by atoms with E-state index in [4.69, 9.17) is 0 Å². The highest BCUT2D eigenvalue weighted by molar-refractivity contribution is 7.86. The van der Waals surface area contributed by atoms with Gasteiger partial charge < -0.3 is 0 Å². The molecule has 0 N–H and O–H groups in total. The van der Waals surface area contributed by atoms with E-state index in [2.05, 4.69) is 99.7 Å². The number of hydrogen-bond donors (Lipinski definition) is 0. The number of rotatable bonds is 6. The first-order valence-electron chi connectivity index (χ1n) is 11.0. The van der Waals surface area contributed by atoms with Crippen LogP contribution in [-0.4, -0.2) is 14.7 Å². The second-order valence-corrected chi connectivity index (χ2v) is 11.6. The summed E-state index contributed by atoms with van der Waals surface area (Å²) in [6, 6.07) is 23.6. The standard InChI is InChI=1S/C29H34OS/c1-21-15-16-27(22(2)20-31(30)29(4,5)6)19-26(21)18-17-24-13-10-14-28(23(24)3)25-11-8-7-9-12-25/h7-19,22H,20H2,1-6H3/b18-17+. The lowest BCUT2D eigenvalue weighted by molar-refractivity contribution is 0.642. The molecule has 3 aromatic rings. The van der Waals surface area contributed by atoms with Gasteiger partial charge in [0.15, 0.2) is 0 Å². The van der Waals surface area contributed by atoms with Gasteiger partial charge in [-0.05, 0) is 79.5 Å². The first-order chi connectivity index (χ1) is 14.7. The van der Waals surface area contributed by atoms with Crippen LogP contribution in [0.25, 0.3) is 23.3 Å². The van der Waals surface area contributed by atoms with Crippen molar-refractivity contribution in [2.24, 2.45) is 0 Å². The van der Waals surface area contributed by atoms with Gasteiger partial charge in [0.05, 0.1) is 0 Å². The molecule has 0 aliphatic heterocycles. The zero-order valence-electron chi connectivity index (χ0n) is 19.6. The van der Waals surface area contributed by atoms with E-state index >= 15 is 0 Å². The Balaban J connectivity index is 1.86. The van der Waals surface area contributed by atoms with Crippen LogP contribution in [0, 0.1) is 13.8 Å². The Morgan fingerprint density at radius 2 is 1.55 bits per heavy atom. The van der Waals surface area contributed by atoms with Gasteiger partial charge in [-0.2, -0.15) is 0 Å². The van der Waals surface area contributed by atoms with Crippen LogP contribution >= 0.6 is 0 Å². The normalized spacial score (nSPS) is 14.0. The predicted molar refractivity (Wildman–Crippen MR) is 138 cm³/mol. The molecular weight excluding hydrogens is 396 g/mol. The molecular formula is C29H34OS. The summed E-state index contributed by atoms with van der Waals surface area (Å²) in [5.74, 6) is 0.949. The predicted octanol–water partition coefficient (Wildman–Crippen LogP) is 7.79. The maximum absolute atomic E-state index is 12.6. The van der Waals surface area contributed by atoms with Crippen LogP contribution in [0.15, 0.2) is 66.7 Å². The molecule has 2 heteroatoms. The molecule has 162 valence electrons. The van der Waals surface area contributed by atoms with Crippen molar-refractivity contribution in [3.8, 4) is 11.1 Å². The van der Waals surface area contributed by atoms with Gasteiger partial charge in [0.2, 0.25) is 0 Å². The average Bonchev–Trinajstić information content (AvgIpc) is 2.74. The van der Waals surface area contributed by atoms with Crippen LogP contribution in [0.2, 0.25) is 0 Å². The maximum atomic E-state index is 12.6. The molecule has 0 saturated carbocycles. The van der Waals surface area contributed by atoms with Gasteiger partial charge in [-0.1, -0.05) is 85.8 Å². The Bertz CT molecular complexity index is 1090. The summed E-state index contributed by atoms with van der Waals surface area (Å²) in [4.78, 5) is 0. The number of benzene rings is 3. The highest BCUT2D eigenvalue weighted by Gasteiger charge is 2.22. The molecule has 3 aromatic carbocycles. The third-order valence-corrected chi connectivity index (χ3v) is 8.03. The average molecular weight is 431 g/mol. The van der Waals surface area contributed by atoms with E-state index in [1.807, 2.05) is 20.8 Å². The van der Waals surface area contributed by atoms with Gasteiger partial charge in [-0.25, -0.2) is 0 Å². The van der Waals surface area contributed by atoms with E-state index < -0.39 is 10.8 Å². The van der Waals surface area contributed by atoms with Crippen LogP contribution in [-0.2, 0) is 10.8 Å². The first-order valence-corrected chi connectivity index (χ1v) is 12.3. The Labute approximate surface area is 190 Å². The van der Waals surface area contributed by atoms with Crippen LogP contribution in [0.3, 0.4) is 0 Å². The van der Waals surface area contributed by atoms with E-state index in [1.165, 1.54) is 38.9 Å². The minimum atomic E-state index is -0.855. The van der Waals surface area contributed by atoms with Crippen molar-refractivity contribution >= 4 is 23.0 Å². The van der Waals surface area contributed by atoms with Crippen LogP contribution in [0.1, 0.15) is 61.4 Å². The molecule has 0 bridgehead atoms. The van der Waals surface area contributed by atoms with Gasteiger partial charge in [0, 0.05) is 21.3 Å². The molecule has 2 unspecified atom stereocenters. The molecule has 3 rings (SSSR count). The van der Waals surface area contributed by atoms with Gasteiger partial charge >= 0.3 is 0 Å². The van der Waals surface area contributed by atoms with Crippen molar-refractivity contribution in [1.29, 1.82) is 0 Å². The van der Waals surface area contributed by atoms with Gasteiger partial charge in [0.1, 0.15) is 0 Å².